The Balaban J connectivity index is 1.65. The van der Waals surface area contributed by atoms with E-state index in [4.69, 9.17) is 4.42 Å². The van der Waals surface area contributed by atoms with Crippen LogP contribution in [0.1, 0.15) is 5.56 Å². The lowest BCUT2D eigenvalue weighted by Crippen LogP contribution is -2.27. The van der Waals surface area contributed by atoms with Crippen LogP contribution in [0.2, 0.25) is 0 Å². The number of nitrogens with zero attached hydrogens (tertiary/aromatic N) is 2. The second-order valence-electron chi connectivity index (χ2n) is 5.96. The lowest BCUT2D eigenvalue weighted by Gasteiger charge is -2.09. The maximum absolute atomic E-state index is 13.3. The van der Waals surface area contributed by atoms with E-state index in [1.807, 2.05) is 12.1 Å². The number of furan rings is 1. The van der Waals surface area contributed by atoms with Crippen LogP contribution in [0.15, 0.2) is 58.0 Å². The zero-order chi connectivity index (χ0) is 18.3. The molecular formula is C19H14FN3O3. The molecule has 26 heavy (non-hydrogen) atoms. The van der Waals surface area contributed by atoms with Gasteiger partial charge in [0.2, 0.25) is 11.5 Å². The van der Waals surface area contributed by atoms with Gasteiger partial charge in [-0.15, -0.1) is 0 Å². The Morgan fingerprint density at radius 2 is 2.08 bits per heavy atom. The topological polar surface area (TPSA) is 77.1 Å². The number of halogens is 1. The van der Waals surface area contributed by atoms with Gasteiger partial charge in [-0.2, -0.15) is 0 Å². The first-order valence-electron chi connectivity index (χ1n) is 7.95. The number of fused-ring (bicyclic) bond motifs is 3. The lowest BCUT2D eigenvalue weighted by atomic mass is 10.2. The smallest absolute Gasteiger partial charge is 0.297 e. The summed E-state index contributed by atoms with van der Waals surface area (Å²) in [5.41, 5.74) is 1.76. The van der Waals surface area contributed by atoms with E-state index < -0.39 is 17.3 Å². The molecule has 0 saturated heterocycles. The van der Waals surface area contributed by atoms with E-state index in [1.54, 1.807) is 25.1 Å². The molecule has 6 nitrogen and oxygen atoms in total. The molecule has 2 aromatic carbocycles. The van der Waals surface area contributed by atoms with Crippen LogP contribution in [0.5, 0.6) is 0 Å². The SMILES string of the molecule is Cc1ccc(F)cc1NC(=O)Cn1cnc2c(oc3ccccc32)c1=O. The summed E-state index contributed by atoms with van der Waals surface area (Å²) >= 11 is 0. The fourth-order valence-electron chi connectivity index (χ4n) is 2.80. The first kappa shape index (κ1) is 16.0. The van der Waals surface area contributed by atoms with Gasteiger partial charge in [-0.1, -0.05) is 18.2 Å². The number of hydrogen-bond acceptors (Lipinski definition) is 4. The molecule has 7 heteroatoms. The molecule has 0 unspecified atom stereocenters. The number of aryl methyl sites for hydroxylation is 1. The zero-order valence-corrected chi connectivity index (χ0v) is 13.8. The maximum Gasteiger partial charge on any atom is 0.297 e. The average molecular weight is 351 g/mol. The Morgan fingerprint density at radius 1 is 1.27 bits per heavy atom. The number of benzene rings is 2. The van der Waals surface area contributed by atoms with Crippen molar-refractivity contribution in [1.82, 2.24) is 9.55 Å². The van der Waals surface area contributed by atoms with Crippen LogP contribution >= 0.6 is 0 Å². The molecule has 0 radical (unpaired) electrons. The normalized spacial score (nSPS) is 11.2. The highest BCUT2D eigenvalue weighted by Crippen LogP contribution is 2.24. The molecule has 1 N–H and O–H groups in total. The van der Waals surface area contributed by atoms with Gasteiger partial charge in [0.15, 0.2) is 0 Å². The van der Waals surface area contributed by atoms with E-state index in [9.17, 15) is 14.0 Å². The summed E-state index contributed by atoms with van der Waals surface area (Å²) in [7, 11) is 0. The van der Waals surface area contributed by atoms with Crippen molar-refractivity contribution in [3.63, 3.8) is 0 Å². The Morgan fingerprint density at radius 3 is 2.92 bits per heavy atom. The minimum atomic E-state index is -0.460. The monoisotopic (exact) mass is 351 g/mol. The van der Waals surface area contributed by atoms with Crippen LogP contribution in [0, 0.1) is 12.7 Å². The number of rotatable bonds is 3. The minimum absolute atomic E-state index is 0.100. The molecule has 0 saturated carbocycles. The predicted molar refractivity (Wildman–Crippen MR) is 95.5 cm³/mol. The molecule has 4 aromatic rings. The van der Waals surface area contributed by atoms with Crippen molar-refractivity contribution in [3.8, 4) is 0 Å². The van der Waals surface area contributed by atoms with Crippen LogP contribution in [0.3, 0.4) is 0 Å². The highest BCUT2D eigenvalue weighted by atomic mass is 19.1. The number of anilines is 1. The van der Waals surface area contributed by atoms with Crippen molar-refractivity contribution < 1.29 is 13.6 Å². The first-order chi connectivity index (χ1) is 12.5. The number of para-hydroxylation sites is 1. The summed E-state index contributed by atoms with van der Waals surface area (Å²) in [4.78, 5) is 29.1. The molecule has 0 aliphatic heterocycles. The van der Waals surface area contributed by atoms with Crippen LogP contribution in [0.25, 0.3) is 22.1 Å². The van der Waals surface area contributed by atoms with Gasteiger partial charge in [0.1, 0.15) is 23.5 Å². The van der Waals surface area contributed by atoms with Crippen LogP contribution in [-0.4, -0.2) is 15.5 Å². The maximum atomic E-state index is 13.3. The third-order valence-corrected chi connectivity index (χ3v) is 4.14. The molecule has 2 heterocycles. The third-order valence-electron chi connectivity index (χ3n) is 4.14. The number of carbonyl (C=O) groups excluding carboxylic acids is 1. The summed E-state index contributed by atoms with van der Waals surface area (Å²) in [6.45, 7) is 1.50. The van der Waals surface area contributed by atoms with Crippen LogP contribution in [-0.2, 0) is 11.3 Å². The van der Waals surface area contributed by atoms with Crippen molar-refractivity contribution in [1.29, 1.82) is 0 Å². The molecular weight excluding hydrogens is 337 g/mol. The number of hydrogen-bond donors (Lipinski definition) is 1. The molecule has 0 atom stereocenters. The third kappa shape index (κ3) is 2.73. The van der Waals surface area contributed by atoms with Crippen LogP contribution in [0.4, 0.5) is 10.1 Å². The standard InChI is InChI=1S/C19H14FN3O3/c1-11-6-7-12(20)8-14(11)22-16(24)9-23-10-21-17-13-4-2-3-5-15(13)26-18(17)19(23)25/h2-8,10H,9H2,1H3,(H,22,24). The van der Waals surface area contributed by atoms with Crippen molar-refractivity contribution in [2.24, 2.45) is 0 Å². The second kappa shape index (κ2) is 6.11. The van der Waals surface area contributed by atoms with E-state index in [0.717, 1.165) is 15.5 Å². The molecule has 0 spiro atoms. The highest BCUT2D eigenvalue weighted by Gasteiger charge is 2.15. The molecule has 4 rings (SSSR count). The number of aromatic nitrogens is 2. The van der Waals surface area contributed by atoms with E-state index in [2.05, 4.69) is 10.3 Å². The van der Waals surface area contributed by atoms with E-state index in [1.165, 1.54) is 18.5 Å². The number of amides is 1. The van der Waals surface area contributed by atoms with Gasteiger partial charge in [0, 0.05) is 11.1 Å². The molecule has 0 aliphatic carbocycles. The Bertz CT molecular complexity index is 1210. The van der Waals surface area contributed by atoms with Crippen molar-refractivity contribution in [2.45, 2.75) is 13.5 Å². The van der Waals surface area contributed by atoms with Gasteiger partial charge < -0.3 is 9.73 Å². The molecule has 130 valence electrons. The Hall–Kier alpha value is -3.48. The highest BCUT2D eigenvalue weighted by molar-refractivity contribution is 6.01. The van der Waals surface area contributed by atoms with Crippen molar-refractivity contribution in [3.05, 3.63) is 70.5 Å². The fraction of sp³-hybridized carbons (Fsp3) is 0.105. The number of carbonyl (C=O) groups is 1. The predicted octanol–water partition coefficient (Wildman–Crippen LogP) is 3.23. The van der Waals surface area contributed by atoms with Gasteiger partial charge >= 0.3 is 0 Å². The Labute approximate surface area is 146 Å². The van der Waals surface area contributed by atoms with E-state index in [-0.39, 0.29) is 12.1 Å². The second-order valence-corrected chi connectivity index (χ2v) is 5.96. The minimum Gasteiger partial charge on any atom is -0.448 e. The molecule has 2 aromatic heterocycles. The quantitative estimate of drug-likeness (QED) is 0.615. The summed E-state index contributed by atoms with van der Waals surface area (Å²) in [6.07, 6.45) is 1.31. The molecule has 0 bridgehead atoms. The summed E-state index contributed by atoms with van der Waals surface area (Å²) in [5, 5.41) is 3.35. The van der Waals surface area contributed by atoms with Gasteiger partial charge in [-0.3, -0.25) is 14.2 Å². The summed E-state index contributed by atoms with van der Waals surface area (Å²) in [6, 6.07) is 11.3. The van der Waals surface area contributed by atoms with Crippen molar-refractivity contribution in [2.75, 3.05) is 5.32 Å². The Kier molecular flexibility index (Phi) is 3.76. The summed E-state index contributed by atoms with van der Waals surface area (Å²) in [5.74, 6) is -0.911. The van der Waals surface area contributed by atoms with Gasteiger partial charge in [-0.05, 0) is 36.8 Å². The van der Waals surface area contributed by atoms with Crippen molar-refractivity contribution >= 4 is 33.7 Å². The fourth-order valence-corrected chi connectivity index (χ4v) is 2.80. The van der Waals surface area contributed by atoms with Gasteiger partial charge in [0.05, 0.1) is 6.33 Å². The first-order valence-corrected chi connectivity index (χ1v) is 7.95. The van der Waals surface area contributed by atoms with Gasteiger partial charge in [0.25, 0.3) is 5.56 Å². The molecule has 0 aliphatic rings. The molecule has 1 amide bonds. The number of nitrogens with one attached hydrogen (secondary N) is 1. The average Bonchev–Trinajstić information content (AvgIpc) is 3.00. The zero-order valence-electron chi connectivity index (χ0n) is 13.8. The van der Waals surface area contributed by atoms with E-state index in [0.29, 0.717) is 16.8 Å². The largest absolute Gasteiger partial charge is 0.448 e. The lowest BCUT2D eigenvalue weighted by molar-refractivity contribution is -0.116. The van der Waals surface area contributed by atoms with Crippen LogP contribution < -0.4 is 10.9 Å². The molecule has 0 fully saturated rings. The van der Waals surface area contributed by atoms with E-state index >= 15 is 0 Å². The van der Waals surface area contributed by atoms with Gasteiger partial charge in [-0.25, -0.2) is 9.37 Å². The summed E-state index contributed by atoms with van der Waals surface area (Å²) < 4.78 is 20.1.